The van der Waals surface area contributed by atoms with Gasteiger partial charge in [-0.3, -0.25) is 0 Å². The van der Waals surface area contributed by atoms with E-state index in [1.165, 1.54) is 5.94 Å². The summed E-state index contributed by atoms with van der Waals surface area (Å²) >= 11 is 5.83. The summed E-state index contributed by atoms with van der Waals surface area (Å²) in [5, 5.41) is -0.166. The maximum Gasteiger partial charge on any atom is 0.163 e. The van der Waals surface area contributed by atoms with Gasteiger partial charge in [-0.1, -0.05) is 41.9 Å². The van der Waals surface area contributed by atoms with E-state index in [0.717, 1.165) is 0 Å². The van der Waals surface area contributed by atoms with Crippen LogP contribution in [0, 0.1) is 0 Å². The molecule has 1 aromatic rings. The van der Waals surface area contributed by atoms with Crippen molar-refractivity contribution >= 4 is 34.6 Å². The Balaban J connectivity index is 0.00000200. The molecule has 0 bridgehead atoms. The summed E-state index contributed by atoms with van der Waals surface area (Å²) in [7, 11) is 0. The quantitative estimate of drug-likeness (QED) is 0.602. The smallest absolute Gasteiger partial charge is 0.163 e. The zero-order valence-electron chi connectivity index (χ0n) is 9.89. The molecule has 0 fully saturated rings. The van der Waals surface area contributed by atoms with Gasteiger partial charge < -0.3 is 0 Å². The molecule has 4 nitrogen and oxygen atoms in total. The minimum absolute atomic E-state index is 0. The van der Waals surface area contributed by atoms with Crippen molar-refractivity contribution in [3.8, 4) is 0 Å². The Morgan fingerprint density at radius 3 is 2.05 bits per heavy atom. The van der Waals surface area contributed by atoms with Crippen LogP contribution in [-0.2, 0) is 34.8 Å². The van der Waals surface area contributed by atoms with E-state index in [4.69, 9.17) is 11.6 Å². The summed E-state index contributed by atoms with van der Waals surface area (Å²) in [6, 6.07) is 8.68. The zero-order valence-corrected chi connectivity index (χ0v) is 13.4. The summed E-state index contributed by atoms with van der Waals surface area (Å²) in [6.45, 7) is 0. The van der Waals surface area contributed by atoms with E-state index in [9.17, 15) is 14.4 Å². The van der Waals surface area contributed by atoms with Crippen molar-refractivity contribution in [2.75, 3.05) is 0 Å². The van der Waals surface area contributed by atoms with E-state index < -0.39 is 5.92 Å². The van der Waals surface area contributed by atoms with Crippen molar-refractivity contribution in [1.82, 2.24) is 0 Å². The van der Waals surface area contributed by atoms with Crippen LogP contribution in [-0.4, -0.2) is 23.0 Å². The number of carbonyl (C=O) groups excluding carboxylic acids is 3. The van der Waals surface area contributed by atoms with Crippen LogP contribution >= 0.6 is 11.6 Å². The molecular weight excluding hydrogens is 452 g/mol. The largest absolute Gasteiger partial charge is 0.233 e. The first-order valence-electron chi connectivity index (χ1n) is 5.28. The number of nitrogens with zero attached hydrogens (tertiary/aromatic N) is 1. The third kappa shape index (κ3) is 2.85. The third-order valence-electron chi connectivity index (χ3n) is 2.71. The van der Waals surface area contributed by atoms with Crippen LogP contribution in [0.4, 0.5) is 0 Å². The van der Waals surface area contributed by atoms with E-state index in [2.05, 4.69) is 4.99 Å². The Morgan fingerprint density at radius 2 is 1.55 bits per heavy atom. The number of hydrogen-bond acceptors (Lipinski definition) is 4. The van der Waals surface area contributed by atoms with Crippen molar-refractivity contribution in [1.29, 1.82) is 0 Å². The predicted octanol–water partition coefficient (Wildman–Crippen LogP) is 1.65. The second-order valence-corrected chi connectivity index (χ2v) is 4.09. The molecule has 1 unspecified atom stereocenters. The van der Waals surface area contributed by atoms with Crippen molar-refractivity contribution in [3.05, 3.63) is 52.7 Å². The normalized spacial score (nSPS) is 17.4. The maximum atomic E-state index is 11.1. The van der Waals surface area contributed by atoms with Gasteiger partial charge in [0.15, 0.2) is 11.6 Å². The Kier molecular flexibility index (Phi) is 5.77. The average Bonchev–Trinajstić information content (AvgIpc) is 2.46. The number of benzene rings is 1. The number of hydrogen-bond donors (Lipinski definition) is 0. The predicted molar refractivity (Wildman–Crippen MR) is 70.1 cm³/mol. The maximum absolute atomic E-state index is 11.1. The standard InChI is InChI=1S/C14H6ClNO3.Re/c15-14-11(7-18)13(9-4-2-1-3-5-9)10(6-17)12(8-19)16-14;/h1-5,13H;. The molecule has 0 saturated heterocycles. The molecule has 0 aliphatic carbocycles. The molecule has 1 heterocycles. The zero-order chi connectivity index (χ0) is 13.8. The van der Waals surface area contributed by atoms with Gasteiger partial charge in [-0.25, -0.2) is 19.4 Å². The molecule has 0 saturated carbocycles. The SMILES string of the molecule is O=C=C1N=C(Cl)C(=C=O)C(c2ccccc2)C1=C=O.[Re]. The van der Waals surface area contributed by atoms with Gasteiger partial charge in [0.05, 0.1) is 17.1 Å². The Labute approximate surface area is 133 Å². The van der Waals surface area contributed by atoms with Gasteiger partial charge in [0, 0.05) is 20.4 Å². The minimum atomic E-state index is -0.794. The molecule has 1 radical (unpaired) electrons. The van der Waals surface area contributed by atoms with Gasteiger partial charge in [-0.05, 0) is 5.56 Å². The molecule has 2 rings (SSSR count). The molecule has 0 N–H and O–H groups in total. The van der Waals surface area contributed by atoms with Crippen LogP contribution in [0.5, 0.6) is 0 Å². The van der Waals surface area contributed by atoms with Gasteiger partial charge in [0.1, 0.15) is 17.1 Å². The van der Waals surface area contributed by atoms with Gasteiger partial charge in [-0.15, -0.1) is 0 Å². The molecule has 1 atom stereocenters. The summed E-state index contributed by atoms with van der Waals surface area (Å²) in [4.78, 5) is 36.6. The monoisotopic (exact) mass is 458 g/mol. The molecule has 1 aliphatic heterocycles. The summed E-state index contributed by atoms with van der Waals surface area (Å²) in [6.07, 6.45) is 0. The molecule has 0 amide bonds. The van der Waals surface area contributed by atoms with E-state index in [-0.39, 0.29) is 42.4 Å². The molecule has 99 valence electrons. The van der Waals surface area contributed by atoms with Crippen LogP contribution in [0.15, 0.2) is 52.2 Å². The van der Waals surface area contributed by atoms with Gasteiger partial charge in [0.25, 0.3) is 0 Å². The Hall–Kier alpha value is -1.81. The topological polar surface area (TPSA) is 63.6 Å². The van der Waals surface area contributed by atoms with Crippen molar-refractivity contribution in [2.24, 2.45) is 4.99 Å². The molecule has 1 aliphatic rings. The van der Waals surface area contributed by atoms with Gasteiger partial charge >= 0.3 is 0 Å². The van der Waals surface area contributed by atoms with E-state index in [1.54, 1.807) is 42.2 Å². The second-order valence-electron chi connectivity index (χ2n) is 3.73. The van der Waals surface area contributed by atoms with E-state index in [0.29, 0.717) is 5.56 Å². The summed E-state index contributed by atoms with van der Waals surface area (Å²) in [5.74, 6) is 4.05. The fourth-order valence-corrected chi connectivity index (χ4v) is 2.12. The number of rotatable bonds is 1. The second kappa shape index (κ2) is 7.10. The van der Waals surface area contributed by atoms with Gasteiger partial charge in [0.2, 0.25) is 0 Å². The molecule has 20 heavy (non-hydrogen) atoms. The van der Waals surface area contributed by atoms with Crippen LogP contribution < -0.4 is 0 Å². The molecule has 6 heteroatoms. The Morgan fingerprint density at radius 1 is 0.950 bits per heavy atom. The molecule has 0 spiro atoms. The fourth-order valence-electron chi connectivity index (χ4n) is 1.88. The molecule has 0 aromatic heterocycles. The average molecular weight is 458 g/mol. The van der Waals surface area contributed by atoms with Gasteiger partial charge in [-0.2, -0.15) is 0 Å². The number of aliphatic imine (C=N–C) groups is 1. The van der Waals surface area contributed by atoms with Crippen molar-refractivity contribution in [2.45, 2.75) is 5.92 Å². The fraction of sp³-hybridized carbons (Fsp3) is 0.0714. The minimum Gasteiger partial charge on any atom is -0.233 e. The summed E-state index contributed by atoms with van der Waals surface area (Å²) < 4.78 is 0. The first-order valence-corrected chi connectivity index (χ1v) is 5.65. The Bertz CT molecular complexity index is 707. The van der Waals surface area contributed by atoms with Crippen molar-refractivity contribution < 1.29 is 34.8 Å². The first kappa shape index (κ1) is 16.2. The first-order chi connectivity index (χ1) is 9.22. The van der Waals surface area contributed by atoms with Crippen LogP contribution in [0.3, 0.4) is 0 Å². The van der Waals surface area contributed by atoms with E-state index >= 15 is 0 Å². The van der Waals surface area contributed by atoms with Crippen LogP contribution in [0.2, 0.25) is 0 Å². The van der Waals surface area contributed by atoms with Crippen LogP contribution in [0.25, 0.3) is 0 Å². The number of halogens is 1. The third-order valence-corrected chi connectivity index (χ3v) is 3.00. The number of allylic oxidation sites excluding steroid dienone is 2. The molecule has 1 aromatic carbocycles. The van der Waals surface area contributed by atoms with Crippen molar-refractivity contribution in [3.63, 3.8) is 0 Å². The molecular formula is C14H6ClNO3Re. The summed E-state index contributed by atoms with van der Waals surface area (Å²) in [5.41, 5.74) is 0.321. The van der Waals surface area contributed by atoms with Crippen LogP contribution in [0.1, 0.15) is 11.5 Å². The van der Waals surface area contributed by atoms with E-state index in [1.807, 2.05) is 0 Å².